The predicted octanol–water partition coefficient (Wildman–Crippen LogP) is 4.15. The molecule has 6 nitrogen and oxygen atoms in total. The molecule has 3 N–H and O–H groups in total. The molecule has 148 valence electrons. The molecule has 28 heavy (non-hydrogen) atoms. The van der Waals surface area contributed by atoms with E-state index < -0.39 is 5.91 Å². The van der Waals surface area contributed by atoms with Gasteiger partial charge in [0.2, 0.25) is 0 Å². The Labute approximate surface area is 198 Å². The van der Waals surface area contributed by atoms with E-state index in [0.717, 1.165) is 23.6 Å². The SMILES string of the molecule is Cc1ccc(C(=O)NC(=S)NNC(=O)COc2c(C)cc(Br)cc2Br)cc1I. The van der Waals surface area contributed by atoms with Gasteiger partial charge in [0.1, 0.15) is 5.75 Å². The Hall–Kier alpha value is -1.24. The lowest BCUT2D eigenvalue weighted by molar-refractivity contribution is -0.123. The summed E-state index contributed by atoms with van der Waals surface area (Å²) in [5.41, 5.74) is 7.30. The fourth-order valence-electron chi connectivity index (χ4n) is 2.11. The summed E-state index contributed by atoms with van der Waals surface area (Å²) in [6, 6.07) is 9.04. The average Bonchev–Trinajstić information content (AvgIpc) is 2.61. The van der Waals surface area contributed by atoms with Gasteiger partial charge in [-0.1, -0.05) is 22.0 Å². The summed E-state index contributed by atoms with van der Waals surface area (Å²) in [6.07, 6.45) is 0. The van der Waals surface area contributed by atoms with Gasteiger partial charge in [-0.2, -0.15) is 0 Å². The molecule has 0 atom stereocenters. The zero-order chi connectivity index (χ0) is 20.8. The van der Waals surface area contributed by atoms with E-state index in [2.05, 4.69) is 70.6 Å². The fourth-order valence-corrected chi connectivity index (χ4v) is 4.32. The number of thiocarbonyl (C=S) groups is 1. The van der Waals surface area contributed by atoms with Gasteiger partial charge in [-0.3, -0.25) is 25.8 Å². The Balaban J connectivity index is 1.81. The lowest BCUT2D eigenvalue weighted by Crippen LogP contribution is -2.49. The second kappa shape index (κ2) is 10.5. The van der Waals surface area contributed by atoms with Crippen molar-refractivity contribution in [2.75, 3.05) is 6.61 Å². The van der Waals surface area contributed by atoms with Crippen molar-refractivity contribution in [1.29, 1.82) is 0 Å². The number of ether oxygens (including phenoxy) is 1. The van der Waals surface area contributed by atoms with Crippen molar-refractivity contribution in [1.82, 2.24) is 16.2 Å². The number of aryl methyl sites for hydroxylation is 2. The molecule has 0 aliphatic heterocycles. The highest BCUT2D eigenvalue weighted by Gasteiger charge is 2.12. The minimum absolute atomic E-state index is 0.0186. The molecular formula is C18H16Br2IN3O3S. The smallest absolute Gasteiger partial charge is 0.276 e. The third-order valence-electron chi connectivity index (χ3n) is 3.52. The van der Waals surface area contributed by atoms with E-state index in [9.17, 15) is 9.59 Å². The minimum atomic E-state index is -0.448. The molecule has 0 spiro atoms. The zero-order valence-electron chi connectivity index (χ0n) is 14.9. The van der Waals surface area contributed by atoms with E-state index in [4.69, 9.17) is 17.0 Å². The van der Waals surface area contributed by atoms with Gasteiger partial charge in [0.15, 0.2) is 11.7 Å². The van der Waals surface area contributed by atoms with Gasteiger partial charge >= 0.3 is 0 Å². The number of hydrazine groups is 1. The van der Waals surface area contributed by atoms with Crippen molar-refractivity contribution in [2.45, 2.75) is 13.8 Å². The van der Waals surface area contributed by atoms with Gasteiger partial charge in [0.25, 0.3) is 11.8 Å². The Kier molecular flexibility index (Phi) is 8.65. The van der Waals surface area contributed by atoms with Crippen molar-refractivity contribution in [2.24, 2.45) is 0 Å². The number of amides is 2. The summed E-state index contributed by atoms with van der Waals surface area (Å²) < 4.78 is 8.15. The number of hydrogen-bond acceptors (Lipinski definition) is 4. The third-order valence-corrected chi connectivity index (χ3v) is 5.93. The molecule has 0 bridgehead atoms. The van der Waals surface area contributed by atoms with Gasteiger partial charge < -0.3 is 4.74 Å². The second-order valence-electron chi connectivity index (χ2n) is 5.74. The molecule has 0 saturated carbocycles. The zero-order valence-corrected chi connectivity index (χ0v) is 21.0. The molecule has 0 aliphatic rings. The van der Waals surface area contributed by atoms with Crippen LogP contribution in [0, 0.1) is 17.4 Å². The minimum Gasteiger partial charge on any atom is -0.482 e. The lowest BCUT2D eigenvalue weighted by Gasteiger charge is -2.13. The van der Waals surface area contributed by atoms with Crippen LogP contribution in [0.3, 0.4) is 0 Å². The normalized spacial score (nSPS) is 10.2. The summed E-state index contributed by atoms with van der Waals surface area (Å²) in [6.45, 7) is 3.61. The number of halogens is 3. The van der Waals surface area contributed by atoms with Crippen LogP contribution in [0.25, 0.3) is 0 Å². The number of carbonyl (C=O) groups excluding carboxylic acids is 2. The van der Waals surface area contributed by atoms with Crippen LogP contribution in [0.15, 0.2) is 39.3 Å². The van der Waals surface area contributed by atoms with E-state index in [1.54, 1.807) is 12.1 Å². The van der Waals surface area contributed by atoms with Crippen molar-refractivity contribution < 1.29 is 14.3 Å². The molecule has 0 saturated heterocycles. The fraction of sp³-hybridized carbons (Fsp3) is 0.167. The first-order valence-corrected chi connectivity index (χ1v) is 11.0. The summed E-state index contributed by atoms with van der Waals surface area (Å²) in [7, 11) is 0. The van der Waals surface area contributed by atoms with Crippen LogP contribution in [0.1, 0.15) is 21.5 Å². The van der Waals surface area contributed by atoms with E-state index in [1.807, 2.05) is 32.0 Å². The monoisotopic (exact) mass is 639 g/mol. The Morgan fingerprint density at radius 2 is 1.82 bits per heavy atom. The molecule has 2 aromatic rings. The van der Waals surface area contributed by atoms with Crippen LogP contribution >= 0.6 is 66.7 Å². The first-order valence-electron chi connectivity index (χ1n) is 7.92. The highest BCUT2D eigenvalue weighted by Crippen LogP contribution is 2.32. The molecule has 2 amide bonds. The molecule has 0 aliphatic carbocycles. The first-order chi connectivity index (χ1) is 13.2. The average molecular weight is 641 g/mol. The van der Waals surface area contributed by atoms with Gasteiger partial charge in [-0.25, -0.2) is 0 Å². The van der Waals surface area contributed by atoms with Crippen LogP contribution in [0.2, 0.25) is 0 Å². The molecule has 2 rings (SSSR count). The molecule has 2 aromatic carbocycles. The first kappa shape index (κ1) is 23.0. The van der Waals surface area contributed by atoms with Gasteiger partial charge in [-0.15, -0.1) is 0 Å². The molecule has 0 heterocycles. The van der Waals surface area contributed by atoms with Crippen molar-refractivity contribution in [3.8, 4) is 5.75 Å². The van der Waals surface area contributed by atoms with Crippen LogP contribution in [-0.4, -0.2) is 23.5 Å². The van der Waals surface area contributed by atoms with Crippen LogP contribution in [0.4, 0.5) is 0 Å². The number of carbonyl (C=O) groups is 2. The van der Waals surface area contributed by atoms with Crippen molar-refractivity contribution >= 4 is 83.6 Å². The van der Waals surface area contributed by atoms with E-state index in [-0.39, 0.29) is 17.6 Å². The Morgan fingerprint density at radius 1 is 1.11 bits per heavy atom. The molecule has 0 radical (unpaired) electrons. The maximum absolute atomic E-state index is 12.2. The van der Waals surface area contributed by atoms with E-state index in [1.165, 1.54) is 0 Å². The van der Waals surface area contributed by atoms with E-state index in [0.29, 0.717) is 11.3 Å². The summed E-state index contributed by atoms with van der Waals surface area (Å²) in [4.78, 5) is 24.1. The standard InChI is InChI=1S/C18H16Br2IN3O3S/c1-9-3-4-11(6-14(9)21)17(26)22-18(28)24-23-15(25)8-27-16-10(2)5-12(19)7-13(16)20/h3-7H,8H2,1-2H3,(H,23,25)(H2,22,24,26,28). The second-order valence-corrected chi connectivity index (χ2v) is 9.08. The number of nitrogens with one attached hydrogen (secondary N) is 3. The molecular weight excluding hydrogens is 625 g/mol. The maximum atomic E-state index is 12.2. The van der Waals surface area contributed by atoms with Gasteiger partial charge in [0, 0.05) is 13.6 Å². The quantitative estimate of drug-likeness (QED) is 0.266. The largest absolute Gasteiger partial charge is 0.482 e. The summed E-state index contributed by atoms with van der Waals surface area (Å²) >= 11 is 14.0. The van der Waals surface area contributed by atoms with Crippen LogP contribution < -0.4 is 20.9 Å². The lowest BCUT2D eigenvalue weighted by atomic mass is 10.1. The van der Waals surface area contributed by atoms with Crippen LogP contribution in [0.5, 0.6) is 5.75 Å². The number of hydrogen-bond donors (Lipinski definition) is 3. The van der Waals surface area contributed by atoms with Crippen molar-refractivity contribution in [3.63, 3.8) is 0 Å². The van der Waals surface area contributed by atoms with Crippen LogP contribution in [-0.2, 0) is 4.79 Å². The molecule has 0 aromatic heterocycles. The number of rotatable bonds is 4. The van der Waals surface area contributed by atoms with Gasteiger partial charge in [-0.05, 0) is 100.0 Å². The molecule has 0 fully saturated rings. The van der Waals surface area contributed by atoms with Gasteiger partial charge in [0.05, 0.1) is 4.47 Å². The molecule has 0 unspecified atom stereocenters. The third kappa shape index (κ3) is 6.68. The Morgan fingerprint density at radius 3 is 2.46 bits per heavy atom. The summed E-state index contributed by atoms with van der Waals surface area (Å²) in [5.74, 6) is -0.241. The van der Waals surface area contributed by atoms with Crippen molar-refractivity contribution in [3.05, 3.63) is 59.5 Å². The number of benzene rings is 2. The molecule has 10 heteroatoms. The topological polar surface area (TPSA) is 79.5 Å². The van der Waals surface area contributed by atoms with E-state index >= 15 is 0 Å². The summed E-state index contributed by atoms with van der Waals surface area (Å²) in [5, 5.41) is 2.49. The highest BCUT2D eigenvalue weighted by atomic mass is 127. The maximum Gasteiger partial charge on any atom is 0.276 e. The predicted molar refractivity (Wildman–Crippen MR) is 127 cm³/mol. The highest BCUT2D eigenvalue weighted by molar-refractivity contribution is 14.1. The Bertz CT molecular complexity index is 917.